The Morgan fingerprint density at radius 1 is 1.21 bits per heavy atom. The third-order valence-corrected chi connectivity index (χ3v) is 4.37. The fourth-order valence-corrected chi connectivity index (χ4v) is 3.30. The molecule has 1 aliphatic heterocycles. The molecule has 2 aromatic rings. The molecule has 0 saturated carbocycles. The molecule has 24 heavy (non-hydrogen) atoms. The Hall–Kier alpha value is -2.42. The molecule has 0 amide bonds. The van der Waals surface area contributed by atoms with E-state index in [1.807, 2.05) is 24.3 Å². The summed E-state index contributed by atoms with van der Waals surface area (Å²) in [5, 5.41) is 0. The third kappa shape index (κ3) is 3.25. The first-order valence-corrected chi connectivity index (χ1v) is 8.24. The van der Waals surface area contributed by atoms with Crippen LogP contribution in [0.3, 0.4) is 0 Å². The van der Waals surface area contributed by atoms with E-state index >= 15 is 0 Å². The number of para-hydroxylation sites is 1. The molecule has 0 radical (unpaired) electrons. The van der Waals surface area contributed by atoms with Crippen molar-refractivity contribution in [2.24, 2.45) is 4.99 Å². The van der Waals surface area contributed by atoms with Crippen LogP contribution >= 0.6 is 0 Å². The Bertz CT molecular complexity index is 818. The molecule has 0 unspecified atom stereocenters. The van der Waals surface area contributed by atoms with E-state index in [0.29, 0.717) is 17.7 Å². The van der Waals surface area contributed by atoms with Gasteiger partial charge in [0.25, 0.3) is 0 Å². The van der Waals surface area contributed by atoms with Gasteiger partial charge in [-0.2, -0.15) is 0 Å². The minimum Gasteiger partial charge on any atom is -0.496 e. The van der Waals surface area contributed by atoms with E-state index in [4.69, 9.17) is 9.73 Å². The van der Waals surface area contributed by atoms with E-state index in [1.54, 1.807) is 7.11 Å². The Labute approximate surface area is 143 Å². The minimum atomic E-state index is -0.182. The quantitative estimate of drug-likeness (QED) is 0.783. The van der Waals surface area contributed by atoms with E-state index < -0.39 is 0 Å². The lowest BCUT2D eigenvalue weighted by molar-refractivity contribution is 0.0997. The summed E-state index contributed by atoms with van der Waals surface area (Å²) in [6.45, 7) is 6.30. The van der Waals surface area contributed by atoms with E-state index in [-0.39, 0.29) is 11.3 Å². The Morgan fingerprint density at radius 2 is 1.96 bits per heavy atom. The highest BCUT2D eigenvalue weighted by Gasteiger charge is 2.28. The largest absolute Gasteiger partial charge is 0.496 e. The van der Waals surface area contributed by atoms with Crippen molar-refractivity contribution >= 4 is 11.5 Å². The predicted molar refractivity (Wildman–Crippen MR) is 97.4 cm³/mol. The van der Waals surface area contributed by atoms with Crippen LogP contribution < -0.4 is 4.74 Å². The van der Waals surface area contributed by atoms with Crippen LogP contribution in [0.2, 0.25) is 0 Å². The number of nitrogens with zero attached hydrogens (tertiary/aromatic N) is 1. The van der Waals surface area contributed by atoms with Gasteiger partial charge in [0.1, 0.15) is 5.75 Å². The second-order valence-electron chi connectivity index (χ2n) is 7.01. The standard InChI is InChI=1S/C21H23NO2/c1-14-9-10-15-13-21(2,3)22-18(17(15)11-14)12-19(23)16-7-5-6-8-20(16)24-4/h5-11H,12-13H2,1-4H3. The van der Waals surface area contributed by atoms with Crippen LogP contribution in [0.4, 0.5) is 0 Å². The minimum absolute atomic E-state index is 0.0383. The first-order chi connectivity index (χ1) is 11.4. The van der Waals surface area contributed by atoms with E-state index in [2.05, 4.69) is 39.0 Å². The maximum atomic E-state index is 12.8. The zero-order chi connectivity index (χ0) is 17.3. The molecule has 124 valence electrons. The molecule has 1 aliphatic rings. The Kier molecular flexibility index (Phi) is 4.27. The normalized spacial score (nSPS) is 15.4. The van der Waals surface area contributed by atoms with Crippen molar-refractivity contribution in [3.8, 4) is 5.75 Å². The number of hydrogen-bond acceptors (Lipinski definition) is 3. The van der Waals surface area contributed by atoms with Crippen molar-refractivity contribution in [3.05, 3.63) is 64.7 Å². The molecule has 0 spiro atoms. The number of benzene rings is 2. The van der Waals surface area contributed by atoms with E-state index in [1.165, 1.54) is 11.1 Å². The average Bonchev–Trinajstić information content (AvgIpc) is 2.54. The number of carbonyl (C=O) groups is 1. The summed E-state index contributed by atoms with van der Waals surface area (Å²) in [7, 11) is 1.59. The Balaban J connectivity index is 1.98. The maximum Gasteiger partial charge on any atom is 0.172 e. The number of rotatable bonds is 4. The fraction of sp³-hybridized carbons (Fsp3) is 0.333. The van der Waals surface area contributed by atoms with Gasteiger partial charge < -0.3 is 4.74 Å². The third-order valence-electron chi connectivity index (χ3n) is 4.37. The van der Waals surface area contributed by atoms with Crippen LogP contribution in [0.1, 0.15) is 47.3 Å². The molecule has 1 heterocycles. The fourth-order valence-electron chi connectivity index (χ4n) is 3.30. The van der Waals surface area contributed by atoms with Crippen molar-refractivity contribution in [3.63, 3.8) is 0 Å². The lowest BCUT2D eigenvalue weighted by Gasteiger charge is -2.29. The second kappa shape index (κ2) is 6.23. The van der Waals surface area contributed by atoms with Crippen molar-refractivity contribution in [2.45, 2.75) is 39.2 Å². The van der Waals surface area contributed by atoms with E-state index in [0.717, 1.165) is 17.7 Å². The van der Waals surface area contributed by atoms with Gasteiger partial charge in [0.05, 0.1) is 30.3 Å². The summed E-state index contributed by atoms with van der Waals surface area (Å²) in [6, 6.07) is 13.8. The molecule has 3 rings (SSSR count). The van der Waals surface area contributed by atoms with Crippen molar-refractivity contribution < 1.29 is 9.53 Å². The zero-order valence-electron chi connectivity index (χ0n) is 14.7. The predicted octanol–water partition coefficient (Wildman–Crippen LogP) is 4.40. The summed E-state index contributed by atoms with van der Waals surface area (Å²) >= 11 is 0. The highest BCUT2D eigenvalue weighted by Crippen LogP contribution is 2.30. The number of Topliss-reactive ketones (excluding diaryl/α,β-unsaturated/α-hetero) is 1. The number of fused-ring (bicyclic) bond motifs is 1. The van der Waals surface area contributed by atoms with Crippen LogP contribution in [-0.2, 0) is 6.42 Å². The van der Waals surface area contributed by atoms with Gasteiger partial charge in [0.15, 0.2) is 5.78 Å². The summed E-state index contributed by atoms with van der Waals surface area (Å²) in [4.78, 5) is 17.7. The molecule has 0 saturated heterocycles. The van der Waals surface area contributed by atoms with Gasteiger partial charge in [-0.3, -0.25) is 9.79 Å². The van der Waals surface area contributed by atoms with Crippen LogP contribution in [0.25, 0.3) is 0 Å². The molecule has 3 nitrogen and oxygen atoms in total. The molecule has 0 fully saturated rings. The van der Waals surface area contributed by atoms with Crippen LogP contribution in [0.15, 0.2) is 47.5 Å². The number of carbonyl (C=O) groups excluding carboxylic acids is 1. The van der Waals surface area contributed by atoms with Gasteiger partial charge >= 0.3 is 0 Å². The first kappa shape index (κ1) is 16.4. The zero-order valence-corrected chi connectivity index (χ0v) is 14.7. The highest BCUT2D eigenvalue weighted by atomic mass is 16.5. The van der Waals surface area contributed by atoms with Gasteiger partial charge in [-0.25, -0.2) is 0 Å². The van der Waals surface area contributed by atoms with Gasteiger partial charge in [-0.1, -0.05) is 29.8 Å². The number of aliphatic imine (C=N–C) groups is 1. The summed E-state index contributed by atoms with van der Waals surface area (Å²) in [6.07, 6.45) is 1.19. The van der Waals surface area contributed by atoms with E-state index in [9.17, 15) is 4.79 Å². The van der Waals surface area contributed by atoms with Gasteiger partial charge in [0.2, 0.25) is 0 Å². The highest BCUT2D eigenvalue weighted by molar-refractivity contribution is 6.17. The topological polar surface area (TPSA) is 38.7 Å². The average molecular weight is 321 g/mol. The number of hydrogen-bond donors (Lipinski definition) is 0. The number of aryl methyl sites for hydroxylation is 1. The maximum absolute atomic E-state index is 12.8. The van der Waals surface area contributed by atoms with Gasteiger partial charge in [-0.15, -0.1) is 0 Å². The lowest BCUT2D eigenvalue weighted by atomic mass is 9.84. The monoisotopic (exact) mass is 321 g/mol. The molecule has 0 aliphatic carbocycles. The molecule has 3 heteroatoms. The molecular weight excluding hydrogens is 298 g/mol. The number of ketones is 1. The van der Waals surface area contributed by atoms with Crippen molar-refractivity contribution in [2.75, 3.05) is 7.11 Å². The van der Waals surface area contributed by atoms with Crippen molar-refractivity contribution in [1.82, 2.24) is 0 Å². The first-order valence-electron chi connectivity index (χ1n) is 8.24. The summed E-state index contributed by atoms with van der Waals surface area (Å²) in [5.41, 5.74) is 4.87. The molecular formula is C21H23NO2. The number of ether oxygens (including phenoxy) is 1. The SMILES string of the molecule is COc1ccccc1C(=O)CC1=NC(C)(C)Cc2ccc(C)cc21. The molecule has 0 atom stereocenters. The van der Waals surface area contributed by atoms with Crippen molar-refractivity contribution in [1.29, 1.82) is 0 Å². The van der Waals surface area contributed by atoms with Crippen LogP contribution in [0, 0.1) is 6.92 Å². The second-order valence-corrected chi connectivity index (χ2v) is 7.01. The molecule has 0 bridgehead atoms. The smallest absolute Gasteiger partial charge is 0.172 e. The van der Waals surface area contributed by atoms with Crippen LogP contribution in [-0.4, -0.2) is 24.1 Å². The number of methoxy groups -OCH3 is 1. The van der Waals surface area contributed by atoms with Gasteiger partial charge in [0, 0.05) is 0 Å². The molecule has 0 aromatic heterocycles. The lowest BCUT2D eigenvalue weighted by Crippen LogP contribution is -2.30. The molecule has 0 N–H and O–H groups in total. The molecule has 2 aromatic carbocycles. The van der Waals surface area contributed by atoms with Gasteiger partial charge in [-0.05, 0) is 56.5 Å². The Morgan fingerprint density at radius 3 is 2.71 bits per heavy atom. The van der Waals surface area contributed by atoms with Crippen LogP contribution in [0.5, 0.6) is 5.75 Å². The summed E-state index contributed by atoms with van der Waals surface area (Å²) in [5.74, 6) is 0.652. The summed E-state index contributed by atoms with van der Waals surface area (Å²) < 4.78 is 5.32.